The third-order valence-corrected chi connectivity index (χ3v) is 2.31. The average Bonchev–Trinajstić information content (AvgIpc) is 2.57. The van der Waals surface area contributed by atoms with E-state index >= 15 is 0 Å². The molecule has 3 nitrogen and oxygen atoms in total. The second-order valence-corrected chi connectivity index (χ2v) is 3.76. The van der Waals surface area contributed by atoms with Crippen molar-refractivity contribution in [2.24, 2.45) is 4.99 Å². The van der Waals surface area contributed by atoms with Gasteiger partial charge < -0.3 is 9.47 Å². The molecule has 1 aromatic rings. The van der Waals surface area contributed by atoms with Crippen molar-refractivity contribution in [1.82, 2.24) is 0 Å². The van der Waals surface area contributed by atoms with Crippen LogP contribution in [0, 0.1) is 0 Å². The zero-order valence-corrected chi connectivity index (χ0v) is 9.45. The molecule has 1 heterocycles. The van der Waals surface area contributed by atoms with E-state index in [0.29, 0.717) is 0 Å². The van der Waals surface area contributed by atoms with Gasteiger partial charge in [0.15, 0.2) is 11.5 Å². The second kappa shape index (κ2) is 4.69. The lowest BCUT2D eigenvalue weighted by atomic mass is 10.2. The minimum Gasteiger partial charge on any atom is -0.395 e. The van der Waals surface area contributed by atoms with Gasteiger partial charge in [-0.15, -0.1) is 8.78 Å². The maximum atomic E-state index is 12.7. The standard InChI is InChI=1S/C12H13F2NO2/c1-2-3-6-15-8-9-4-5-10-11(7-9)17-12(13,14)16-10/h4-5,7-8H,2-3,6H2,1H3. The van der Waals surface area contributed by atoms with Crippen molar-refractivity contribution in [2.45, 2.75) is 26.1 Å². The van der Waals surface area contributed by atoms with Gasteiger partial charge in [-0.3, -0.25) is 4.99 Å². The molecule has 0 aromatic heterocycles. The van der Waals surface area contributed by atoms with E-state index < -0.39 is 6.29 Å². The van der Waals surface area contributed by atoms with Crippen molar-refractivity contribution in [1.29, 1.82) is 0 Å². The Morgan fingerprint density at radius 2 is 2.06 bits per heavy atom. The van der Waals surface area contributed by atoms with Crippen LogP contribution < -0.4 is 9.47 Å². The molecule has 1 aromatic carbocycles. The van der Waals surface area contributed by atoms with Gasteiger partial charge in [0.2, 0.25) is 0 Å². The van der Waals surface area contributed by atoms with E-state index in [1.165, 1.54) is 12.1 Å². The molecule has 1 aliphatic heterocycles. The fourth-order valence-electron chi connectivity index (χ4n) is 1.47. The Labute approximate surface area is 98.1 Å². The topological polar surface area (TPSA) is 30.8 Å². The van der Waals surface area contributed by atoms with Crippen LogP contribution in [0.15, 0.2) is 23.2 Å². The molecule has 0 radical (unpaired) electrons. The lowest BCUT2D eigenvalue weighted by Crippen LogP contribution is -2.25. The van der Waals surface area contributed by atoms with E-state index in [1.54, 1.807) is 12.3 Å². The first kappa shape index (κ1) is 11.8. The van der Waals surface area contributed by atoms with Crippen LogP contribution in [0.4, 0.5) is 8.78 Å². The first-order chi connectivity index (χ1) is 8.11. The highest BCUT2D eigenvalue weighted by molar-refractivity contribution is 5.81. The summed E-state index contributed by atoms with van der Waals surface area (Å²) in [4.78, 5) is 4.18. The van der Waals surface area contributed by atoms with Crippen molar-refractivity contribution < 1.29 is 18.3 Å². The molecule has 17 heavy (non-hydrogen) atoms. The van der Waals surface area contributed by atoms with Crippen molar-refractivity contribution >= 4 is 6.21 Å². The molecule has 1 aliphatic rings. The van der Waals surface area contributed by atoms with Gasteiger partial charge in [-0.05, 0) is 30.2 Å². The Hall–Kier alpha value is -1.65. The third-order valence-electron chi connectivity index (χ3n) is 2.31. The molecule has 0 aliphatic carbocycles. The lowest BCUT2D eigenvalue weighted by molar-refractivity contribution is -0.286. The molecule has 0 spiro atoms. The van der Waals surface area contributed by atoms with E-state index in [4.69, 9.17) is 0 Å². The van der Waals surface area contributed by atoms with E-state index in [1.807, 2.05) is 0 Å². The summed E-state index contributed by atoms with van der Waals surface area (Å²) in [5, 5.41) is 0. The normalized spacial score (nSPS) is 16.6. The molecule has 0 fully saturated rings. The number of ether oxygens (including phenoxy) is 2. The highest BCUT2D eigenvalue weighted by atomic mass is 19.3. The van der Waals surface area contributed by atoms with E-state index in [2.05, 4.69) is 21.4 Å². The van der Waals surface area contributed by atoms with Crippen LogP contribution in [0.2, 0.25) is 0 Å². The quantitative estimate of drug-likeness (QED) is 0.598. The second-order valence-electron chi connectivity index (χ2n) is 3.76. The first-order valence-electron chi connectivity index (χ1n) is 5.50. The van der Waals surface area contributed by atoms with Gasteiger partial charge in [0.1, 0.15) is 0 Å². The molecular formula is C12H13F2NO2. The summed E-state index contributed by atoms with van der Waals surface area (Å²) in [6.45, 7) is 2.82. The Morgan fingerprint density at radius 3 is 2.82 bits per heavy atom. The van der Waals surface area contributed by atoms with Crippen molar-refractivity contribution in [3.63, 3.8) is 0 Å². The van der Waals surface area contributed by atoms with Gasteiger partial charge in [-0.2, -0.15) is 0 Å². The minimum absolute atomic E-state index is 0.0504. The van der Waals surface area contributed by atoms with Gasteiger partial charge in [0.05, 0.1) is 0 Å². The smallest absolute Gasteiger partial charge is 0.395 e. The number of fused-ring (bicyclic) bond motifs is 1. The molecule has 0 bridgehead atoms. The molecule has 2 rings (SSSR count). The Bertz CT molecular complexity index is 433. The summed E-state index contributed by atoms with van der Waals surface area (Å²) in [7, 11) is 0. The summed E-state index contributed by atoms with van der Waals surface area (Å²) in [5.74, 6) is 0.107. The largest absolute Gasteiger partial charge is 0.586 e. The van der Waals surface area contributed by atoms with Gasteiger partial charge in [0.25, 0.3) is 0 Å². The summed E-state index contributed by atoms with van der Waals surface area (Å²) in [5.41, 5.74) is 0.723. The number of alkyl halides is 2. The fraction of sp³-hybridized carbons (Fsp3) is 0.417. The molecule has 0 atom stereocenters. The Morgan fingerprint density at radius 1 is 1.29 bits per heavy atom. The van der Waals surface area contributed by atoms with E-state index in [-0.39, 0.29) is 11.5 Å². The Kier molecular flexibility index (Phi) is 3.26. The van der Waals surface area contributed by atoms with Crippen molar-refractivity contribution in [3.8, 4) is 11.5 Å². The Balaban J connectivity index is 2.06. The lowest BCUT2D eigenvalue weighted by Gasteiger charge is -2.04. The molecule has 0 unspecified atom stereocenters. The summed E-state index contributed by atoms with van der Waals surface area (Å²) in [6.07, 6.45) is 0.180. The van der Waals surface area contributed by atoms with Gasteiger partial charge in [-0.25, -0.2) is 0 Å². The van der Waals surface area contributed by atoms with Crippen LogP contribution in [0.5, 0.6) is 11.5 Å². The number of benzene rings is 1. The number of nitrogens with zero attached hydrogens (tertiary/aromatic N) is 1. The molecule has 92 valence electrons. The zero-order valence-electron chi connectivity index (χ0n) is 9.45. The average molecular weight is 241 g/mol. The summed E-state index contributed by atoms with van der Waals surface area (Å²) < 4.78 is 34.1. The van der Waals surface area contributed by atoms with Gasteiger partial charge >= 0.3 is 6.29 Å². The minimum atomic E-state index is -3.56. The number of halogens is 2. The van der Waals surface area contributed by atoms with E-state index in [0.717, 1.165) is 24.9 Å². The van der Waals surface area contributed by atoms with Crippen LogP contribution in [0.25, 0.3) is 0 Å². The highest BCUT2D eigenvalue weighted by Crippen LogP contribution is 2.40. The number of aliphatic imine (C=N–C) groups is 1. The maximum absolute atomic E-state index is 12.7. The molecule has 0 saturated heterocycles. The molecule has 5 heteroatoms. The monoisotopic (exact) mass is 241 g/mol. The number of rotatable bonds is 4. The molecule has 0 amide bonds. The number of hydrogen-bond donors (Lipinski definition) is 0. The third kappa shape index (κ3) is 2.93. The van der Waals surface area contributed by atoms with E-state index in [9.17, 15) is 8.78 Å². The van der Waals surface area contributed by atoms with Crippen LogP contribution in [0.1, 0.15) is 25.3 Å². The van der Waals surface area contributed by atoms with Crippen molar-refractivity contribution in [3.05, 3.63) is 23.8 Å². The molecule has 0 saturated carbocycles. The fourth-order valence-corrected chi connectivity index (χ4v) is 1.47. The van der Waals surface area contributed by atoms with Crippen LogP contribution >= 0.6 is 0 Å². The van der Waals surface area contributed by atoms with Crippen LogP contribution in [-0.4, -0.2) is 19.1 Å². The van der Waals surface area contributed by atoms with Gasteiger partial charge in [0, 0.05) is 12.8 Å². The highest BCUT2D eigenvalue weighted by Gasteiger charge is 2.43. The zero-order chi connectivity index (χ0) is 12.3. The molecular weight excluding hydrogens is 228 g/mol. The number of unbranched alkanes of at least 4 members (excludes halogenated alkanes) is 1. The predicted molar refractivity (Wildman–Crippen MR) is 60.0 cm³/mol. The summed E-state index contributed by atoms with van der Waals surface area (Å²) >= 11 is 0. The van der Waals surface area contributed by atoms with Crippen LogP contribution in [-0.2, 0) is 0 Å². The molecule has 0 N–H and O–H groups in total. The van der Waals surface area contributed by atoms with Crippen LogP contribution in [0.3, 0.4) is 0 Å². The van der Waals surface area contributed by atoms with Gasteiger partial charge in [-0.1, -0.05) is 13.3 Å². The maximum Gasteiger partial charge on any atom is 0.586 e. The first-order valence-corrected chi connectivity index (χ1v) is 5.50. The summed E-state index contributed by atoms with van der Waals surface area (Å²) in [6, 6.07) is 4.61. The predicted octanol–water partition coefficient (Wildman–Crippen LogP) is 3.23. The number of hydrogen-bond acceptors (Lipinski definition) is 3. The van der Waals surface area contributed by atoms with Crippen molar-refractivity contribution in [2.75, 3.05) is 6.54 Å². The SMILES string of the molecule is CCCCN=Cc1ccc2c(c1)OC(F)(F)O2.